The maximum absolute atomic E-state index is 10.5. The molecule has 0 fully saturated rings. The third kappa shape index (κ3) is 7.43. The van der Waals surface area contributed by atoms with Crippen LogP contribution in [0.1, 0.15) is 49.4 Å². The molecule has 1 aliphatic rings. The summed E-state index contributed by atoms with van der Waals surface area (Å²) in [6.07, 6.45) is 6.28. The summed E-state index contributed by atoms with van der Waals surface area (Å²) in [7, 11) is 0. The zero-order chi connectivity index (χ0) is 23.3. The van der Waals surface area contributed by atoms with Gasteiger partial charge in [0.15, 0.2) is 5.13 Å². The van der Waals surface area contributed by atoms with E-state index in [4.69, 9.17) is 4.74 Å². The van der Waals surface area contributed by atoms with E-state index < -0.39 is 0 Å². The molecule has 32 heavy (non-hydrogen) atoms. The summed E-state index contributed by atoms with van der Waals surface area (Å²) >= 11 is 1.53. The normalized spacial score (nSPS) is 12.8. The first kappa shape index (κ1) is 25.5. The van der Waals surface area contributed by atoms with Gasteiger partial charge in [0.05, 0.1) is 0 Å². The molecule has 2 aromatic heterocycles. The van der Waals surface area contributed by atoms with E-state index in [-0.39, 0.29) is 0 Å². The number of rotatable bonds is 6. The van der Waals surface area contributed by atoms with Crippen molar-refractivity contribution in [3.63, 3.8) is 0 Å². The largest absolute Gasteiger partial charge is 0.457 e. The molecule has 0 saturated carbocycles. The number of aryl methyl sites for hydroxylation is 1. The lowest BCUT2D eigenvalue weighted by Gasteiger charge is -2.18. The molecule has 0 radical (unpaired) electrons. The second-order valence-corrected chi connectivity index (χ2v) is 7.95. The van der Waals surface area contributed by atoms with Crippen molar-refractivity contribution in [1.82, 2.24) is 14.9 Å². The molecule has 0 bridgehead atoms. The Morgan fingerprint density at radius 2 is 1.75 bits per heavy atom. The number of anilines is 1. The molecule has 0 atom stereocenters. The highest BCUT2D eigenvalue weighted by Crippen LogP contribution is 2.27. The molecular formula is C25H34N4O2S. The van der Waals surface area contributed by atoms with Crippen molar-refractivity contribution in [2.75, 3.05) is 18.4 Å². The zero-order valence-corrected chi connectivity index (χ0v) is 20.5. The lowest BCUT2D eigenvalue weighted by molar-refractivity contribution is -0.105. The summed E-state index contributed by atoms with van der Waals surface area (Å²) in [6, 6.07) is 10.2. The van der Waals surface area contributed by atoms with Gasteiger partial charge in [-0.05, 0) is 49.1 Å². The molecule has 1 aromatic carbocycles. The minimum absolute atomic E-state index is 0.649. The van der Waals surface area contributed by atoms with Gasteiger partial charge in [0.25, 0.3) is 0 Å². The predicted octanol–water partition coefficient (Wildman–Crippen LogP) is 5.86. The lowest BCUT2D eigenvalue weighted by atomic mass is 10.0. The molecule has 172 valence electrons. The predicted molar refractivity (Wildman–Crippen MR) is 133 cm³/mol. The fourth-order valence-electron chi connectivity index (χ4n) is 3.41. The number of hydrogen-bond acceptors (Lipinski definition) is 6. The van der Waals surface area contributed by atoms with E-state index >= 15 is 0 Å². The van der Waals surface area contributed by atoms with E-state index in [2.05, 4.69) is 32.3 Å². The summed E-state index contributed by atoms with van der Waals surface area (Å²) < 4.78 is 6.02. The van der Waals surface area contributed by atoms with Gasteiger partial charge in [0, 0.05) is 48.7 Å². The number of nitrogens with zero attached hydrogens (tertiary/aromatic N) is 3. The van der Waals surface area contributed by atoms with Gasteiger partial charge in [0.1, 0.15) is 11.5 Å². The summed E-state index contributed by atoms with van der Waals surface area (Å²) in [5.74, 6) is 1.68. The number of pyridine rings is 1. The Bertz CT molecular complexity index is 974. The van der Waals surface area contributed by atoms with Crippen LogP contribution in [-0.2, 0) is 24.2 Å². The third-order valence-corrected chi connectivity index (χ3v) is 5.71. The molecule has 1 N–H and O–H groups in total. The number of ether oxygens (including phenoxy) is 1. The Balaban J connectivity index is 0.000000860. The fourth-order valence-corrected chi connectivity index (χ4v) is 4.22. The molecule has 3 aromatic rings. The number of carbonyl (C=O) groups excluding carboxylic acids is 1. The van der Waals surface area contributed by atoms with Crippen molar-refractivity contribution < 1.29 is 9.53 Å². The molecule has 3 heterocycles. The Hall–Kier alpha value is -2.77. The summed E-state index contributed by atoms with van der Waals surface area (Å²) in [5.41, 5.74) is 3.67. The van der Waals surface area contributed by atoms with Crippen molar-refractivity contribution in [1.29, 1.82) is 0 Å². The SMILES string of the molecule is CC.CC.Cc1cc(Oc2ccc3c(c2)CCN(Cc2cnc(NC=O)s2)CC3)ccn1. The van der Waals surface area contributed by atoms with Crippen molar-refractivity contribution >= 4 is 22.9 Å². The summed E-state index contributed by atoms with van der Waals surface area (Å²) in [4.78, 5) is 22.6. The Morgan fingerprint density at radius 1 is 1.03 bits per heavy atom. The third-order valence-electron chi connectivity index (χ3n) is 4.79. The van der Waals surface area contributed by atoms with E-state index in [0.29, 0.717) is 11.5 Å². The number of nitrogens with one attached hydrogen (secondary N) is 1. The van der Waals surface area contributed by atoms with Crippen molar-refractivity contribution in [3.05, 3.63) is 64.4 Å². The van der Waals surface area contributed by atoms with Crippen LogP contribution < -0.4 is 10.1 Å². The van der Waals surface area contributed by atoms with E-state index in [1.165, 1.54) is 22.5 Å². The van der Waals surface area contributed by atoms with E-state index in [9.17, 15) is 4.79 Å². The highest BCUT2D eigenvalue weighted by molar-refractivity contribution is 7.15. The minimum atomic E-state index is 0.649. The highest BCUT2D eigenvalue weighted by Gasteiger charge is 2.16. The molecule has 1 aliphatic heterocycles. The quantitative estimate of drug-likeness (QED) is 0.473. The average Bonchev–Trinajstić information content (AvgIpc) is 3.16. The molecule has 7 heteroatoms. The van der Waals surface area contributed by atoms with Gasteiger partial charge in [-0.15, -0.1) is 11.3 Å². The first-order valence-electron chi connectivity index (χ1n) is 11.3. The van der Waals surface area contributed by atoms with E-state index in [1.807, 2.05) is 59.0 Å². The van der Waals surface area contributed by atoms with E-state index in [1.54, 1.807) is 6.20 Å². The number of carbonyl (C=O) groups is 1. The van der Waals surface area contributed by atoms with Crippen LogP contribution in [0.2, 0.25) is 0 Å². The number of aromatic nitrogens is 2. The van der Waals surface area contributed by atoms with Crippen LogP contribution in [0.4, 0.5) is 5.13 Å². The summed E-state index contributed by atoms with van der Waals surface area (Å²) in [6.45, 7) is 12.8. The molecule has 0 unspecified atom stereocenters. The van der Waals surface area contributed by atoms with Gasteiger partial charge in [-0.1, -0.05) is 33.8 Å². The van der Waals surface area contributed by atoms with Gasteiger partial charge in [-0.25, -0.2) is 4.98 Å². The molecular weight excluding hydrogens is 420 g/mol. The summed E-state index contributed by atoms with van der Waals surface area (Å²) in [5, 5.41) is 3.26. The molecule has 1 amide bonds. The number of fused-ring (bicyclic) bond motifs is 1. The minimum Gasteiger partial charge on any atom is -0.457 e. The molecule has 0 saturated heterocycles. The van der Waals surface area contributed by atoms with Gasteiger partial charge < -0.3 is 10.1 Å². The lowest BCUT2D eigenvalue weighted by Crippen LogP contribution is -2.25. The average molecular weight is 455 g/mol. The van der Waals surface area contributed by atoms with Gasteiger partial charge >= 0.3 is 0 Å². The fraction of sp³-hybridized carbons (Fsp3) is 0.400. The molecule has 0 spiro atoms. The van der Waals surface area contributed by atoms with Gasteiger partial charge in [-0.3, -0.25) is 14.7 Å². The highest BCUT2D eigenvalue weighted by atomic mass is 32.1. The van der Waals surface area contributed by atoms with Crippen LogP contribution in [-0.4, -0.2) is 34.4 Å². The molecule has 4 rings (SSSR count). The van der Waals surface area contributed by atoms with Crippen LogP contribution >= 0.6 is 11.3 Å². The zero-order valence-electron chi connectivity index (χ0n) is 19.7. The van der Waals surface area contributed by atoms with Crippen molar-refractivity contribution in [3.8, 4) is 11.5 Å². The van der Waals surface area contributed by atoms with Crippen LogP contribution in [0.15, 0.2) is 42.7 Å². The maximum atomic E-state index is 10.5. The van der Waals surface area contributed by atoms with Crippen molar-refractivity contribution in [2.24, 2.45) is 0 Å². The van der Waals surface area contributed by atoms with Crippen LogP contribution in [0.3, 0.4) is 0 Å². The number of hydrogen-bond donors (Lipinski definition) is 1. The Morgan fingerprint density at radius 3 is 2.47 bits per heavy atom. The number of thiazole rings is 1. The van der Waals surface area contributed by atoms with Crippen molar-refractivity contribution in [2.45, 2.75) is 54.0 Å². The van der Waals surface area contributed by atoms with Crippen LogP contribution in [0.25, 0.3) is 0 Å². The maximum Gasteiger partial charge on any atom is 0.213 e. The Labute approximate surface area is 195 Å². The molecule has 0 aliphatic carbocycles. The monoisotopic (exact) mass is 454 g/mol. The first-order valence-corrected chi connectivity index (χ1v) is 12.1. The second kappa shape index (κ2) is 13.6. The van der Waals surface area contributed by atoms with E-state index in [0.717, 1.165) is 54.5 Å². The standard InChI is InChI=1S/C21H22N4O2S.2C2H6/c1-15-10-19(4-7-22-15)27-18-3-2-16-5-8-25(9-6-17(16)11-18)13-20-12-23-21(28-20)24-14-26;2*1-2/h2-4,7,10-12,14H,5-6,8-9,13H2,1H3,(H,23,24,26);2*1-2H3. The second-order valence-electron chi connectivity index (χ2n) is 6.84. The Kier molecular flexibility index (Phi) is 10.8. The number of amides is 1. The van der Waals surface area contributed by atoms with Gasteiger partial charge in [-0.2, -0.15) is 0 Å². The van der Waals surface area contributed by atoms with Crippen LogP contribution in [0, 0.1) is 6.92 Å². The molecule has 6 nitrogen and oxygen atoms in total. The van der Waals surface area contributed by atoms with Gasteiger partial charge in [0.2, 0.25) is 6.41 Å². The topological polar surface area (TPSA) is 67.3 Å². The smallest absolute Gasteiger partial charge is 0.213 e. The number of benzene rings is 1. The first-order chi connectivity index (χ1) is 15.7. The van der Waals surface area contributed by atoms with Crippen LogP contribution in [0.5, 0.6) is 11.5 Å².